The van der Waals surface area contributed by atoms with Gasteiger partial charge < -0.3 is 5.32 Å². The standard InChI is InChI=1S/C12H12ClN3O2/c13-10-8-16(12(18)15-11(10)17)7-6-14-9-4-2-1-3-5-9/h1-5,8,14H,6-7H2,(H,15,17,18). The topological polar surface area (TPSA) is 66.9 Å². The second-order valence-corrected chi connectivity index (χ2v) is 4.13. The maximum absolute atomic E-state index is 11.5. The molecule has 0 unspecified atom stereocenters. The number of benzene rings is 1. The lowest BCUT2D eigenvalue weighted by Gasteiger charge is -2.08. The SMILES string of the molecule is O=c1[nH]c(=O)n(CCNc2ccccc2)cc1Cl. The van der Waals surface area contributed by atoms with Crippen LogP contribution in [0.5, 0.6) is 0 Å². The molecular weight excluding hydrogens is 254 g/mol. The largest absolute Gasteiger partial charge is 0.383 e. The molecule has 0 radical (unpaired) electrons. The van der Waals surface area contributed by atoms with Gasteiger partial charge in [-0.1, -0.05) is 29.8 Å². The highest BCUT2D eigenvalue weighted by atomic mass is 35.5. The third-order valence-electron chi connectivity index (χ3n) is 2.42. The molecule has 1 aromatic carbocycles. The van der Waals surface area contributed by atoms with Crippen LogP contribution >= 0.6 is 11.6 Å². The van der Waals surface area contributed by atoms with Crippen LogP contribution in [0.4, 0.5) is 5.69 Å². The molecule has 5 nitrogen and oxygen atoms in total. The first kappa shape index (κ1) is 12.4. The summed E-state index contributed by atoms with van der Waals surface area (Å²) in [4.78, 5) is 24.7. The van der Waals surface area contributed by atoms with E-state index < -0.39 is 11.2 Å². The molecule has 0 bridgehead atoms. The molecule has 2 rings (SSSR count). The smallest absolute Gasteiger partial charge is 0.328 e. The summed E-state index contributed by atoms with van der Waals surface area (Å²) in [6.45, 7) is 0.983. The molecule has 18 heavy (non-hydrogen) atoms. The Bertz CT molecular complexity index is 634. The van der Waals surface area contributed by atoms with Crippen molar-refractivity contribution in [2.24, 2.45) is 0 Å². The van der Waals surface area contributed by atoms with Gasteiger partial charge >= 0.3 is 5.69 Å². The van der Waals surface area contributed by atoms with Crippen molar-refractivity contribution in [1.29, 1.82) is 0 Å². The Morgan fingerprint density at radius 1 is 1.22 bits per heavy atom. The van der Waals surface area contributed by atoms with Crippen LogP contribution in [-0.2, 0) is 6.54 Å². The number of aromatic amines is 1. The van der Waals surface area contributed by atoms with E-state index in [2.05, 4.69) is 10.3 Å². The molecule has 0 fully saturated rings. The van der Waals surface area contributed by atoms with Crippen LogP contribution in [0, 0.1) is 0 Å². The summed E-state index contributed by atoms with van der Waals surface area (Å²) in [5.74, 6) is 0. The highest BCUT2D eigenvalue weighted by molar-refractivity contribution is 6.30. The summed E-state index contributed by atoms with van der Waals surface area (Å²) >= 11 is 5.66. The van der Waals surface area contributed by atoms with Crippen molar-refractivity contribution in [3.05, 3.63) is 62.4 Å². The van der Waals surface area contributed by atoms with Crippen LogP contribution < -0.4 is 16.6 Å². The Hall–Kier alpha value is -2.01. The summed E-state index contributed by atoms with van der Waals surface area (Å²) in [6.07, 6.45) is 1.34. The first-order chi connectivity index (χ1) is 8.66. The third kappa shape index (κ3) is 3.01. The van der Waals surface area contributed by atoms with E-state index in [0.29, 0.717) is 13.1 Å². The lowest BCUT2D eigenvalue weighted by Crippen LogP contribution is -2.31. The van der Waals surface area contributed by atoms with Gasteiger partial charge in [-0.05, 0) is 12.1 Å². The first-order valence-electron chi connectivity index (χ1n) is 5.45. The van der Waals surface area contributed by atoms with Crippen molar-refractivity contribution in [3.8, 4) is 0 Å². The number of para-hydroxylation sites is 1. The molecule has 0 saturated heterocycles. The zero-order valence-corrected chi connectivity index (χ0v) is 10.3. The van der Waals surface area contributed by atoms with E-state index >= 15 is 0 Å². The van der Waals surface area contributed by atoms with E-state index in [1.54, 1.807) is 0 Å². The second kappa shape index (κ2) is 5.55. The summed E-state index contributed by atoms with van der Waals surface area (Å²) in [5, 5.41) is 3.17. The zero-order valence-electron chi connectivity index (χ0n) is 9.52. The Morgan fingerprint density at radius 3 is 2.67 bits per heavy atom. The number of hydrogen-bond donors (Lipinski definition) is 2. The monoisotopic (exact) mass is 265 g/mol. The molecule has 6 heteroatoms. The van der Waals surface area contributed by atoms with Crippen LogP contribution in [0.15, 0.2) is 46.1 Å². The van der Waals surface area contributed by atoms with E-state index in [1.165, 1.54) is 10.8 Å². The minimum Gasteiger partial charge on any atom is -0.383 e. The zero-order chi connectivity index (χ0) is 13.0. The fourth-order valence-electron chi connectivity index (χ4n) is 1.53. The number of rotatable bonds is 4. The number of anilines is 1. The van der Waals surface area contributed by atoms with E-state index in [-0.39, 0.29) is 5.02 Å². The van der Waals surface area contributed by atoms with Gasteiger partial charge in [-0.15, -0.1) is 0 Å². The third-order valence-corrected chi connectivity index (χ3v) is 2.69. The predicted octanol–water partition coefficient (Wildman–Crippen LogP) is 1.30. The normalized spacial score (nSPS) is 10.3. The summed E-state index contributed by atoms with van der Waals surface area (Å²) in [5.41, 5.74) is -0.0470. The van der Waals surface area contributed by atoms with Crippen molar-refractivity contribution in [1.82, 2.24) is 9.55 Å². The van der Waals surface area contributed by atoms with Crippen LogP contribution in [0.25, 0.3) is 0 Å². The molecule has 0 aliphatic rings. The fraction of sp³-hybridized carbons (Fsp3) is 0.167. The highest BCUT2D eigenvalue weighted by Gasteiger charge is 2.01. The number of aromatic nitrogens is 2. The lowest BCUT2D eigenvalue weighted by atomic mass is 10.3. The van der Waals surface area contributed by atoms with Gasteiger partial charge in [-0.2, -0.15) is 0 Å². The molecule has 0 spiro atoms. The summed E-state index contributed by atoms with van der Waals surface area (Å²) in [7, 11) is 0. The Morgan fingerprint density at radius 2 is 1.94 bits per heavy atom. The predicted molar refractivity (Wildman–Crippen MR) is 71.3 cm³/mol. The second-order valence-electron chi connectivity index (χ2n) is 3.72. The Kier molecular flexibility index (Phi) is 3.84. The average Bonchev–Trinajstić information content (AvgIpc) is 2.37. The number of nitrogens with zero attached hydrogens (tertiary/aromatic N) is 1. The van der Waals surface area contributed by atoms with Gasteiger partial charge in [0, 0.05) is 25.0 Å². The van der Waals surface area contributed by atoms with Gasteiger partial charge in [-0.25, -0.2) is 4.79 Å². The van der Waals surface area contributed by atoms with E-state index in [1.807, 2.05) is 30.3 Å². The molecule has 0 aliphatic heterocycles. The van der Waals surface area contributed by atoms with Crippen molar-refractivity contribution >= 4 is 17.3 Å². The average molecular weight is 266 g/mol. The minimum atomic E-state index is -0.561. The van der Waals surface area contributed by atoms with Gasteiger partial charge in [0.15, 0.2) is 0 Å². The molecule has 0 atom stereocenters. The van der Waals surface area contributed by atoms with Crippen molar-refractivity contribution < 1.29 is 0 Å². The van der Waals surface area contributed by atoms with Crippen LogP contribution in [0.2, 0.25) is 5.02 Å². The molecule has 0 amide bonds. The lowest BCUT2D eigenvalue weighted by molar-refractivity contribution is 0.669. The van der Waals surface area contributed by atoms with Gasteiger partial charge in [0.2, 0.25) is 0 Å². The molecule has 0 saturated carbocycles. The number of hydrogen-bond acceptors (Lipinski definition) is 3. The molecular formula is C12H12ClN3O2. The summed E-state index contributed by atoms with van der Waals surface area (Å²) < 4.78 is 1.36. The first-order valence-corrected chi connectivity index (χ1v) is 5.83. The number of halogens is 1. The molecule has 1 aromatic heterocycles. The summed E-state index contributed by atoms with van der Waals surface area (Å²) in [6, 6.07) is 9.64. The quantitative estimate of drug-likeness (QED) is 0.876. The van der Waals surface area contributed by atoms with Gasteiger partial charge in [-0.3, -0.25) is 14.3 Å². The van der Waals surface area contributed by atoms with Gasteiger partial charge in [0.05, 0.1) is 0 Å². The van der Waals surface area contributed by atoms with Gasteiger partial charge in [0.1, 0.15) is 5.02 Å². The van der Waals surface area contributed by atoms with Gasteiger partial charge in [0.25, 0.3) is 5.56 Å². The van der Waals surface area contributed by atoms with Crippen molar-refractivity contribution in [3.63, 3.8) is 0 Å². The van der Waals surface area contributed by atoms with Crippen LogP contribution in [0.3, 0.4) is 0 Å². The molecule has 2 aromatic rings. The number of H-pyrrole nitrogens is 1. The highest BCUT2D eigenvalue weighted by Crippen LogP contribution is 2.04. The van der Waals surface area contributed by atoms with E-state index in [9.17, 15) is 9.59 Å². The van der Waals surface area contributed by atoms with E-state index in [0.717, 1.165) is 5.69 Å². The maximum Gasteiger partial charge on any atom is 0.328 e. The minimum absolute atomic E-state index is 0.00862. The fourth-order valence-corrected chi connectivity index (χ4v) is 1.69. The van der Waals surface area contributed by atoms with Crippen LogP contribution in [0.1, 0.15) is 0 Å². The number of nitrogens with one attached hydrogen (secondary N) is 2. The maximum atomic E-state index is 11.5. The van der Waals surface area contributed by atoms with Crippen molar-refractivity contribution in [2.75, 3.05) is 11.9 Å². The molecule has 1 heterocycles. The van der Waals surface area contributed by atoms with E-state index in [4.69, 9.17) is 11.6 Å². The van der Waals surface area contributed by atoms with Crippen LogP contribution in [-0.4, -0.2) is 16.1 Å². The molecule has 94 valence electrons. The molecule has 2 N–H and O–H groups in total. The van der Waals surface area contributed by atoms with Crippen molar-refractivity contribution in [2.45, 2.75) is 6.54 Å². The Labute approximate surface area is 108 Å². The molecule has 0 aliphatic carbocycles. The Balaban J connectivity index is 2.01.